The number of hydrogen-bond acceptors (Lipinski definition) is 4. The van der Waals surface area contributed by atoms with Crippen molar-refractivity contribution >= 4 is 18.4 Å². The maximum Gasteiger partial charge on any atom is 0.313 e. The van der Waals surface area contributed by atoms with Gasteiger partial charge in [0.25, 0.3) is 0 Å². The second-order valence-electron chi connectivity index (χ2n) is 4.72. The van der Waals surface area contributed by atoms with Crippen molar-refractivity contribution in [2.45, 2.75) is 24.0 Å². The van der Waals surface area contributed by atoms with Crippen LogP contribution in [0.2, 0.25) is 0 Å². The fourth-order valence-corrected chi connectivity index (χ4v) is 3.11. The maximum absolute atomic E-state index is 11.3. The topological polar surface area (TPSA) is 81.8 Å². The van der Waals surface area contributed by atoms with Gasteiger partial charge < -0.3 is 20.3 Å². The Morgan fingerprint density at radius 3 is 2.27 bits per heavy atom. The number of hydrogen-bond donors (Lipinski definition) is 2. The fraction of sp³-hybridized carbons (Fsp3) is 0.889. The molecule has 15 heavy (non-hydrogen) atoms. The lowest BCUT2D eigenvalue weighted by molar-refractivity contribution is -0.219. The average Bonchev–Trinajstić information content (AvgIpc) is 2.47. The lowest BCUT2D eigenvalue weighted by atomic mass is 9.55. The fourth-order valence-electron chi connectivity index (χ4n) is 3.11. The van der Waals surface area contributed by atoms with E-state index in [0.717, 1.165) is 0 Å². The quantitative estimate of drug-likeness (QED) is 0.691. The standard InChI is InChI=1S/C9H13NO4.ClH/c10-3-7-1-8(2-7,6(11)12)9(14-7)4-13-5-9;/h1-5,10H2,(H,11,12);1H. The predicted octanol–water partition coefficient (Wildman–Crippen LogP) is -0.230. The van der Waals surface area contributed by atoms with Crippen LogP contribution in [0.4, 0.5) is 0 Å². The molecule has 4 aliphatic rings. The SMILES string of the molecule is Cl.NCC12CC(C(=O)O)(C1)C1(COC1)O2. The van der Waals surface area contributed by atoms with Crippen LogP contribution in [-0.2, 0) is 14.3 Å². The zero-order valence-corrected chi connectivity index (χ0v) is 9.01. The van der Waals surface area contributed by atoms with Crippen molar-refractivity contribution < 1.29 is 19.4 Å². The van der Waals surface area contributed by atoms with Crippen LogP contribution >= 0.6 is 12.4 Å². The summed E-state index contributed by atoms with van der Waals surface area (Å²) in [5.41, 5.74) is 3.94. The van der Waals surface area contributed by atoms with Gasteiger partial charge in [-0.1, -0.05) is 0 Å². The van der Waals surface area contributed by atoms with Gasteiger partial charge in [0.15, 0.2) is 0 Å². The third-order valence-electron chi connectivity index (χ3n) is 3.98. The Hall–Kier alpha value is -0.360. The highest BCUT2D eigenvalue weighted by Gasteiger charge is 2.80. The van der Waals surface area contributed by atoms with E-state index in [0.29, 0.717) is 32.6 Å². The van der Waals surface area contributed by atoms with Gasteiger partial charge in [0.2, 0.25) is 0 Å². The van der Waals surface area contributed by atoms with Crippen molar-refractivity contribution in [1.82, 2.24) is 0 Å². The Balaban J connectivity index is 0.000000853. The number of ether oxygens (including phenoxy) is 2. The summed E-state index contributed by atoms with van der Waals surface area (Å²) < 4.78 is 10.9. The molecule has 3 saturated heterocycles. The van der Waals surface area contributed by atoms with E-state index in [2.05, 4.69) is 0 Å². The number of carbonyl (C=O) groups is 1. The smallest absolute Gasteiger partial charge is 0.313 e. The van der Waals surface area contributed by atoms with Crippen molar-refractivity contribution in [1.29, 1.82) is 0 Å². The van der Waals surface area contributed by atoms with Crippen molar-refractivity contribution in [2.75, 3.05) is 19.8 Å². The van der Waals surface area contributed by atoms with E-state index < -0.39 is 17.0 Å². The minimum atomic E-state index is -0.762. The van der Waals surface area contributed by atoms with E-state index in [1.807, 2.05) is 0 Å². The number of carboxylic acid groups (broad SMARTS) is 1. The molecule has 3 N–H and O–H groups in total. The molecule has 0 amide bonds. The van der Waals surface area contributed by atoms with Gasteiger partial charge in [-0.25, -0.2) is 0 Å². The molecule has 0 aromatic carbocycles. The molecule has 86 valence electrons. The number of nitrogens with two attached hydrogens (primary N) is 1. The molecule has 0 radical (unpaired) electrons. The monoisotopic (exact) mass is 235 g/mol. The lowest BCUT2D eigenvalue weighted by Crippen LogP contribution is -2.63. The molecule has 4 fully saturated rings. The molecule has 0 aromatic rings. The maximum atomic E-state index is 11.3. The van der Waals surface area contributed by atoms with Gasteiger partial charge in [-0.3, -0.25) is 4.79 Å². The van der Waals surface area contributed by atoms with Gasteiger partial charge in [-0.15, -0.1) is 12.4 Å². The van der Waals surface area contributed by atoms with Crippen LogP contribution < -0.4 is 5.73 Å². The van der Waals surface area contributed by atoms with Crippen molar-refractivity contribution in [2.24, 2.45) is 11.1 Å². The van der Waals surface area contributed by atoms with Crippen LogP contribution in [0.1, 0.15) is 12.8 Å². The molecule has 1 aliphatic carbocycles. The molecular weight excluding hydrogens is 222 g/mol. The third-order valence-corrected chi connectivity index (χ3v) is 3.98. The molecule has 4 rings (SSSR count). The van der Waals surface area contributed by atoms with Gasteiger partial charge >= 0.3 is 5.97 Å². The first-order valence-electron chi connectivity index (χ1n) is 4.80. The minimum absolute atomic E-state index is 0. The Kier molecular flexibility index (Phi) is 2.12. The van der Waals surface area contributed by atoms with Crippen molar-refractivity contribution in [3.05, 3.63) is 0 Å². The van der Waals surface area contributed by atoms with Crippen LogP contribution in [0.3, 0.4) is 0 Å². The number of halogens is 1. The van der Waals surface area contributed by atoms with Crippen LogP contribution in [0.15, 0.2) is 0 Å². The Bertz CT molecular complexity index is 309. The van der Waals surface area contributed by atoms with E-state index in [4.69, 9.17) is 15.2 Å². The molecule has 3 heterocycles. The van der Waals surface area contributed by atoms with Gasteiger partial charge in [0.1, 0.15) is 11.0 Å². The molecule has 3 aliphatic heterocycles. The minimum Gasteiger partial charge on any atom is -0.481 e. The Morgan fingerprint density at radius 2 is 2.00 bits per heavy atom. The second-order valence-corrected chi connectivity index (χ2v) is 4.72. The number of rotatable bonds is 2. The van der Waals surface area contributed by atoms with Crippen molar-refractivity contribution in [3.63, 3.8) is 0 Å². The van der Waals surface area contributed by atoms with Gasteiger partial charge in [-0.05, 0) is 12.8 Å². The molecule has 5 nitrogen and oxygen atoms in total. The highest BCUT2D eigenvalue weighted by Crippen LogP contribution is 2.68. The lowest BCUT2D eigenvalue weighted by Gasteiger charge is -2.47. The summed E-state index contributed by atoms with van der Waals surface area (Å²) in [4.78, 5) is 11.3. The summed E-state index contributed by atoms with van der Waals surface area (Å²) in [6.45, 7) is 1.21. The first-order chi connectivity index (χ1) is 6.58. The molecule has 0 atom stereocenters. The van der Waals surface area contributed by atoms with E-state index in [1.165, 1.54) is 0 Å². The number of carboxylic acids is 1. The summed E-state index contributed by atoms with van der Waals surface area (Å²) in [5.74, 6) is -0.762. The van der Waals surface area contributed by atoms with Gasteiger partial charge in [-0.2, -0.15) is 0 Å². The molecular formula is C9H14ClNO4. The number of aliphatic carboxylic acids is 1. The largest absolute Gasteiger partial charge is 0.481 e. The summed E-state index contributed by atoms with van der Waals surface area (Å²) in [7, 11) is 0. The van der Waals surface area contributed by atoms with Gasteiger partial charge in [0, 0.05) is 6.54 Å². The van der Waals surface area contributed by atoms with E-state index in [-0.39, 0.29) is 18.0 Å². The van der Waals surface area contributed by atoms with E-state index in [9.17, 15) is 9.90 Å². The second kappa shape index (κ2) is 2.85. The molecule has 1 saturated carbocycles. The Morgan fingerprint density at radius 1 is 1.40 bits per heavy atom. The normalized spacial score (nSPS) is 44.1. The first kappa shape index (κ1) is 11.1. The summed E-state index contributed by atoms with van der Waals surface area (Å²) in [6, 6.07) is 0. The summed E-state index contributed by atoms with van der Waals surface area (Å²) >= 11 is 0. The van der Waals surface area contributed by atoms with Crippen molar-refractivity contribution in [3.8, 4) is 0 Å². The van der Waals surface area contributed by atoms with Gasteiger partial charge in [0.05, 0.1) is 18.8 Å². The first-order valence-corrected chi connectivity index (χ1v) is 4.80. The molecule has 1 spiro atoms. The summed E-state index contributed by atoms with van der Waals surface area (Å²) in [6.07, 6.45) is 1.10. The zero-order valence-electron chi connectivity index (χ0n) is 8.19. The molecule has 6 heteroatoms. The zero-order chi connectivity index (χ0) is 10.0. The highest BCUT2D eigenvalue weighted by atomic mass is 35.5. The van der Waals surface area contributed by atoms with E-state index >= 15 is 0 Å². The predicted molar refractivity (Wildman–Crippen MR) is 53.0 cm³/mol. The molecule has 0 aromatic heterocycles. The molecule has 0 unspecified atom stereocenters. The highest BCUT2D eigenvalue weighted by molar-refractivity contribution is 5.85. The van der Waals surface area contributed by atoms with Crippen LogP contribution in [0, 0.1) is 5.41 Å². The Labute approximate surface area is 93.3 Å². The van der Waals surface area contributed by atoms with Crippen LogP contribution in [0.5, 0.6) is 0 Å². The molecule has 2 bridgehead atoms. The third kappa shape index (κ3) is 0.970. The van der Waals surface area contributed by atoms with Crippen LogP contribution in [-0.4, -0.2) is 42.0 Å². The van der Waals surface area contributed by atoms with Crippen LogP contribution in [0.25, 0.3) is 0 Å². The summed E-state index contributed by atoms with van der Waals surface area (Å²) in [5, 5.41) is 9.24. The van der Waals surface area contributed by atoms with E-state index in [1.54, 1.807) is 0 Å². The average molecular weight is 236 g/mol.